The maximum absolute atomic E-state index is 4.64. The molecular weight excluding hydrogens is 865 g/mol. The van der Waals surface area contributed by atoms with Crippen LogP contribution in [0.25, 0.3) is 66.0 Å². The summed E-state index contributed by atoms with van der Waals surface area (Å²) in [5.41, 5.74) is 17.5. The molecule has 70 heavy (non-hydrogen) atoms. The molecule has 2 aromatic heterocycles. The summed E-state index contributed by atoms with van der Waals surface area (Å²) < 4.78 is 4.97. The van der Waals surface area contributed by atoms with Crippen molar-refractivity contribution in [1.82, 2.24) is 9.13 Å². The van der Waals surface area contributed by atoms with Gasteiger partial charge in [-0.2, -0.15) is 0 Å². The van der Waals surface area contributed by atoms with Crippen LogP contribution >= 0.6 is 11.8 Å². The summed E-state index contributed by atoms with van der Waals surface area (Å²) in [7, 11) is 0. The lowest BCUT2D eigenvalue weighted by Crippen LogP contribution is -2.31. The fraction of sp³-hybridized carbons (Fsp3) is 0.194. The van der Waals surface area contributed by atoms with Crippen LogP contribution < -0.4 is 0 Å². The first-order chi connectivity index (χ1) is 34.6. The van der Waals surface area contributed by atoms with Gasteiger partial charge < -0.3 is 9.13 Å². The van der Waals surface area contributed by atoms with E-state index in [9.17, 15) is 0 Å². The van der Waals surface area contributed by atoms with E-state index in [4.69, 9.17) is 0 Å². The van der Waals surface area contributed by atoms with Crippen molar-refractivity contribution in [3.63, 3.8) is 0 Å². The molecule has 1 spiro atoms. The van der Waals surface area contributed by atoms with Gasteiger partial charge in [0.1, 0.15) is 0 Å². The van der Waals surface area contributed by atoms with Gasteiger partial charge in [0.25, 0.3) is 0 Å². The van der Waals surface area contributed by atoms with Crippen LogP contribution in [-0.4, -0.2) is 9.13 Å². The van der Waals surface area contributed by atoms with Crippen LogP contribution in [0.1, 0.15) is 102 Å². The first-order valence-electron chi connectivity index (χ1n) is 25.8. The Hall–Kier alpha value is -7.07. The molecule has 0 amide bonds. The molecule has 0 unspecified atom stereocenters. The predicted octanol–water partition coefficient (Wildman–Crippen LogP) is 19.6. The van der Waals surface area contributed by atoms with Crippen LogP contribution in [0.5, 0.6) is 0 Å². The van der Waals surface area contributed by atoms with Crippen LogP contribution in [0.4, 0.5) is 0 Å². The largest absolute Gasteiger partial charge is 0.337 e. The fourth-order valence-corrected chi connectivity index (χ4v) is 12.2. The molecule has 2 aliphatic carbocycles. The summed E-state index contributed by atoms with van der Waals surface area (Å²) >= 11 is 1.90. The first kappa shape index (κ1) is 48.0. The number of hydrogen-bond donors (Lipinski definition) is 0. The van der Waals surface area contributed by atoms with E-state index in [0.717, 1.165) is 37.8 Å². The maximum atomic E-state index is 4.64. The topological polar surface area (TPSA) is 9.86 Å². The van der Waals surface area contributed by atoms with Crippen molar-refractivity contribution in [1.29, 1.82) is 0 Å². The van der Waals surface area contributed by atoms with E-state index in [1.165, 1.54) is 104 Å². The van der Waals surface area contributed by atoms with Crippen molar-refractivity contribution in [2.24, 2.45) is 0 Å². The first-order valence-corrected chi connectivity index (χ1v) is 26.6. The van der Waals surface area contributed by atoms with Gasteiger partial charge in [0.2, 0.25) is 0 Å². The number of para-hydroxylation sites is 2. The third-order valence-electron chi connectivity index (χ3n) is 13.8. The molecule has 1 aliphatic heterocycles. The quantitative estimate of drug-likeness (QED) is 0.131. The molecular formula is C67H66N2S. The Labute approximate surface area is 420 Å². The summed E-state index contributed by atoms with van der Waals surface area (Å²) in [4.78, 5) is 2.65. The number of aromatic nitrogens is 2. The van der Waals surface area contributed by atoms with Crippen LogP contribution in [0.15, 0.2) is 222 Å². The molecule has 0 atom stereocenters. The smallest absolute Gasteiger partial charge is 0.0736 e. The van der Waals surface area contributed by atoms with E-state index in [0.29, 0.717) is 0 Å². The van der Waals surface area contributed by atoms with E-state index in [2.05, 4.69) is 223 Å². The molecule has 0 saturated heterocycles. The highest BCUT2D eigenvalue weighted by Gasteiger charge is 2.50. The summed E-state index contributed by atoms with van der Waals surface area (Å²) in [5, 5.41) is 5.15. The van der Waals surface area contributed by atoms with Gasteiger partial charge in [-0.15, -0.1) is 0 Å². The van der Waals surface area contributed by atoms with Crippen molar-refractivity contribution in [2.45, 2.75) is 95.9 Å². The van der Waals surface area contributed by atoms with Gasteiger partial charge in [-0.25, -0.2) is 0 Å². The minimum Gasteiger partial charge on any atom is -0.337 e. The third kappa shape index (κ3) is 8.04. The van der Waals surface area contributed by atoms with Crippen molar-refractivity contribution in [3.05, 3.63) is 240 Å². The van der Waals surface area contributed by atoms with Crippen LogP contribution in [0.3, 0.4) is 0 Å². The summed E-state index contributed by atoms with van der Waals surface area (Å²) in [5.74, 6) is 0. The molecule has 0 bridgehead atoms. The van der Waals surface area contributed by atoms with Gasteiger partial charge in [0.15, 0.2) is 0 Å². The van der Waals surface area contributed by atoms with E-state index in [1.54, 1.807) is 0 Å². The number of nitrogens with zero attached hydrogens (tertiary/aromatic N) is 2. The molecule has 0 saturated carbocycles. The molecule has 2 nitrogen and oxygen atoms in total. The third-order valence-corrected chi connectivity index (χ3v) is 15.0. The number of unbranched alkanes of at least 4 members (excludes halogenated alkanes) is 1. The zero-order chi connectivity index (χ0) is 48.8. The average molecular weight is 931 g/mol. The molecule has 3 heterocycles. The Bertz CT molecular complexity index is 3500. The molecule has 9 aromatic rings. The summed E-state index contributed by atoms with van der Waals surface area (Å²) in [6.07, 6.45) is 22.1. The Morgan fingerprint density at radius 1 is 0.600 bits per heavy atom. The lowest BCUT2D eigenvalue weighted by atomic mass is 9.67. The number of fused-ring (bicyclic) bond motifs is 15. The van der Waals surface area contributed by atoms with Gasteiger partial charge in [-0.1, -0.05) is 219 Å². The molecule has 350 valence electrons. The lowest BCUT2D eigenvalue weighted by molar-refractivity contribution is 0.722. The second-order valence-electron chi connectivity index (χ2n) is 17.4. The Balaban J connectivity index is 0.000000978. The minimum atomic E-state index is -0.409. The van der Waals surface area contributed by atoms with Crippen LogP contribution in [-0.2, 0) is 12.0 Å². The maximum Gasteiger partial charge on any atom is 0.0736 e. The number of allylic oxidation sites excluding steroid dienone is 11. The molecule has 0 N–H and O–H groups in total. The molecule has 3 heteroatoms. The number of benzene rings is 7. The van der Waals surface area contributed by atoms with E-state index in [-0.39, 0.29) is 0 Å². The predicted molar refractivity (Wildman–Crippen MR) is 307 cm³/mol. The summed E-state index contributed by atoms with van der Waals surface area (Å²) in [6, 6.07) is 57.0. The Kier molecular flexibility index (Phi) is 14.6. The zero-order valence-electron chi connectivity index (χ0n) is 42.1. The van der Waals surface area contributed by atoms with Gasteiger partial charge in [0.05, 0.1) is 16.4 Å². The second kappa shape index (κ2) is 21.3. The monoisotopic (exact) mass is 930 g/mol. The zero-order valence-corrected chi connectivity index (χ0v) is 42.9. The second-order valence-corrected chi connectivity index (χ2v) is 18.4. The van der Waals surface area contributed by atoms with Gasteiger partial charge in [-0.3, -0.25) is 0 Å². The van der Waals surface area contributed by atoms with Crippen LogP contribution in [0.2, 0.25) is 0 Å². The van der Waals surface area contributed by atoms with Gasteiger partial charge in [0, 0.05) is 54.6 Å². The van der Waals surface area contributed by atoms with Crippen molar-refractivity contribution in [2.75, 3.05) is 0 Å². The van der Waals surface area contributed by atoms with Crippen molar-refractivity contribution < 1.29 is 0 Å². The van der Waals surface area contributed by atoms with Crippen molar-refractivity contribution in [3.8, 4) is 11.1 Å². The average Bonchev–Trinajstić information content (AvgIpc) is 4.03. The number of rotatable bonds is 9. The van der Waals surface area contributed by atoms with E-state index < -0.39 is 5.41 Å². The SMILES string of the molecule is C=C(/C=C\C=C/Cn1c2ccccc2c2cc3c(cc21)C1(c2ccccc2Sc2ccccc21)c1ccccc1-3)/C(=C\CCC)c1ccc2c(c1)c1ccccc1n2C1=CC=CCC1.CC.CC.CC. The highest BCUT2D eigenvalue weighted by atomic mass is 32.2. The standard InChI is InChI=1S/C61H48N2S.3C2H6/c1-3-4-24-44(42-35-36-57-49(38-42)47-27-12-17-32-56(47)63(57)43-22-8-5-9-23-43)41(2)21-7-6-20-37-62-55-31-16-11-26-46(55)50-39-48-45-25-10-13-28-51(45)61(54(48)40-58(50)62)52-29-14-18-33-59(52)64-60-34-19-15-30-53(60)61;3*1-2/h5-8,10-22,24-36,38-40H,2-4,9,23,37H2,1H3;3*1-2H3/b20-6-,21-7-,44-24+;;;. The molecule has 12 rings (SSSR count). The lowest BCUT2D eigenvalue weighted by Gasteiger charge is -2.39. The Morgan fingerprint density at radius 2 is 1.21 bits per heavy atom. The minimum absolute atomic E-state index is 0.409. The van der Waals surface area contributed by atoms with Crippen LogP contribution in [0, 0.1) is 0 Å². The molecule has 3 aliphatic rings. The summed E-state index contributed by atoms with van der Waals surface area (Å²) in [6.45, 7) is 19.6. The van der Waals surface area contributed by atoms with Gasteiger partial charge in [-0.05, 0) is 124 Å². The molecule has 7 aromatic carbocycles. The highest BCUT2D eigenvalue weighted by molar-refractivity contribution is 7.99. The van der Waals surface area contributed by atoms with Crippen molar-refractivity contribution >= 4 is 66.6 Å². The van der Waals surface area contributed by atoms with E-state index >= 15 is 0 Å². The molecule has 0 radical (unpaired) electrons. The van der Waals surface area contributed by atoms with Gasteiger partial charge >= 0.3 is 0 Å². The fourth-order valence-electron chi connectivity index (χ4n) is 11.0. The Morgan fingerprint density at radius 3 is 1.91 bits per heavy atom. The normalized spacial score (nSPS) is 14.1. The van der Waals surface area contributed by atoms with E-state index in [1.807, 2.05) is 53.3 Å². The highest BCUT2D eigenvalue weighted by Crippen LogP contribution is 2.62. The molecule has 0 fully saturated rings. The number of hydrogen-bond acceptors (Lipinski definition) is 1.